The number of esters is 1. The van der Waals surface area contributed by atoms with Crippen molar-refractivity contribution in [3.63, 3.8) is 0 Å². The van der Waals surface area contributed by atoms with E-state index >= 15 is 0 Å². The number of nitrogens with zero attached hydrogens (tertiary/aromatic N) is 2. The highest BCUT2D eigenvalue weighted by atomic mass is 16.5. The zero-order valence-corrected chi connectivity index (χ0v) is 14.9. The third kappa shape index (κ3) is 3.34. The zero-order valence-electron chi connectivity index (χ0n) is 14.9. The molecule has 1 aromatic rings. The highest BCUT2D eigenvalue weighted by Gasteiger charge is 2.43. The van der Waals surface area contributed by atoms with E-state index in [1.54, 1.807) is 43.0 Å². The number of carbonyl (C=O) groups excluding carboxylic acids is 4. The van der Waals surface area contributed by atoms with E-state index in [0.717, 1.165) is 17.7 Å². The Morgan fingerprint density at radius 2 is 1.77 bits per heavy atom. The number of carbonyl (C=O) groups is 4. The Morgan fingerprint density at radius 3 is 2.27 bits per heavy atom. The molecule has 1 atom stereocenters. The van der Waals surface area contributed by atoms with Crippen LogP contribution in [0.15, 0.2) is 24.3 Å². The van der Waals surface area contributed by atoms with Crippen molar-refractivity contribution < 1.29 is 23.9 Å². The molecular weight excluding hydrogens is 336 g/mol. The Kier molecular flexibility index (Phi) is 5.06. The quantitative estimate of drug-likeness (QED) is 0.546. The van der Waals surface area contributed by atoms with Gasteiger partial charge in [0.1, 0.15) is 6.04 Å². The summed E-state index contributed by atoms with van der Waals surface area (Å²) in [6.45, 7) is 3.81. The van der Waals surface area contributed by atoms with Gasteiger partial charge < -0.3 is 9.64 Å². The predicted molar refractivity (Wildman–Crippen MR) is 92.4 cm³/mol. The van der Waals surface area contributed by atoms with Gasteiger partial charge in [-0.2, -0.15) is 0 Å². The highest BCUT2D eigenvalue weighted by molar-refractivity contribution is 6.22. The Balaban J connectivity index is 1.73. The number of hydrogen-bond acceptors (Lipinski definition) is 5. The number of imide groups is 1. The monoisotopic (exact) mass is 358 g/mol. The number of amides is 3. The van der Waals surface area contributed by atoms with E-state index in [4.69, 9.17) is 4.74 Å². The van der Waals surface area contributed by atoms with Gasteiger partial charge in [-0.3, -0.25) is 24.1 Å². The number of ether oxygens (including phenoxy) is 1. The third-order valence-electron chi connectivity index (χ3n) is 4.70. The molecule has 138 valence electrons. The van der Waals surface area contributed by atoms with Crippen LogP contribution >= 0.6 is 0 Å². The van der Waals surface area contributed by atoms with Crippen LogP contribution in [0.4, 0.5) is 0 Å². The Bertz CT molecular complexity index is 721. The van der Waals surface area contributed by atoms with Crippen LogP contribution in [0.2, 0.25) is 0 Å². The van der Waals surface area contributed by atoms with E-state index in [2.05, 4.69) is 0 Å². The van der Waals surface area contributed by atoms with Gasteiger partial charge in [-0.1, -0.05) is 12.1 Å². The summed E-state index contributed by atoms with van der Waals surface area (Å²) in [5.74, 6) is -1.58. The molecule has 1 aliphatic carbocycles. The summed E-state index contributed by atoms with van der Waals surface area (Å²) in [6, 6.07) is 5.71. The maximum absolute atomic E-state index is 13.0. The number of hydrogen-bond donors (Lipinski definition) is 0. The van der Waals surface area contributed by atoms with E-state index < -0.39 is 17.9 Å². The highest BCUT2D eigenvalue weighted by Crippen LogP contribution is 2.30. The molecule has 0 bridgehead atoms. The number of benzene rings is 1. The van der Waals surface area contributed by atoms with Gasteiger partial charge in [0.05, 0.1) is 24.2 Å². The standard InChI is InChI=1S/C19H22N2O5/c1-3-26-16(22)10-11-20(13-8-9-13)17(23)12(2)21-18(24)14-6-4-5-7-15(14)19(21)25/h4-7,12-13H,3,8-11H2,1-2H3. The molecule has 7 heteroatoms. The van der Waals surface area contributed by atoms with E-state index in [-0.39, 0.29) is 30.9 Å². The molecule has 0 spiro atoms. The van der Waals surface area contributed by atoms with Gasteiger partial charge in [0, 0.05) is 12.6 Å². The van der Waals surface area contributed by atoms with Crippen LogP contribution in [0.25, 0.3) is 0 Å². The normalized spacial score (nSPS) is 17.1. The van der Waals surface area contributed by atoms with Gasteiger partial charge in [0.2, 0.25) is 5.91 Å². The topological polar surface area (TPSA) is 84.0 Å². The van der Waals surface area contributed by atoms with E-state index in [0.29, 0.717) is 17.7 Å². The smallest absolute Gasteiger partial charge is 0.307 e. The van der Waals surface area contributed by atoms with Crippen LogP contribution < -0.4 is 0 Å². The first kappa shape index (κ1) is 18.1. The molecule has 0 aromatic heterocycles. The first-order chi connectivity index (χ1) is 12.5. The van der Waals surface area contributed by atoms with Crippen LogP contribution in [-0.2, 0) is 14.3 Å². The van der Waals surface area contributed by atoms with Crippen molar-refractivity contribution in [2.24, 2.45) is 0 Å². The van der Waals surface area contributed by atoms with Crippen molar-refractivity contribution in [3.05, 3.63) is 35.4 Å². The maximum atomic E-state index is 13.0. The van der Waals surface area contributed by atoms with E-state index in [1.807, 2.05) is 0 Å². The molecule has 1 unspecified atom stereocenters. The summed E-state index contributed by atoms with van der Waals surface area (Å²) in [4.78, 5) is 52.3. The van der Waals surface area contributed by atoms with Gasteiger partial charge in [-0.05, 0) is 38.8 Å². The van der Waals surface area contributed by atoms with Crippen LogP contribution in [0.1, 0.15) is 53.8 Å². The van der Waals surface area contributed by atoms with Crippen LogP contribution in [0, 0.1) is 0 Å². The van der Waals surface area contributed by atoms with E-state index in [1.165, 1.54) is 0 Å². The van der Waals surface area contributed by atoms with Crippen LogP contribution in [-0.4, -0.2) is 58.7 Å². The predicted octanol–water partition coefficient (Wildman–Crippen LogP) is 1.62. The van der Waals surface area contributed by atoms with Crippen LogP contribution in [0.3, 0.4) is 0 Å². The average Bonchev–Trinajstić information content (AvgIpc) is 3.43. The lowest BCUT2D eigenvalue weighted by atomic mass is 10.1. The maximum Gasteiger partial charge on any atom is 0.307 e. The lowest BCUT2D eigenvalue weighted by molar-refractivity contribution is -0.144. The zero-order chi connectivity index (χ0) is 18.8. The molecule has 1 saturated carbocycles. The molecule has 26 heavy (non-hydrogen) atoms. The molecule has 1 fully saturated rings. The second-order valence-electron chi connectivity index (χ2n) is 6.52. The summed E-state index contributed by atoms with van der Waals surface area (Å²) >= 11 is 0. The molecule has 0 radical (unpaired) electrons. The van der Waals surface area contributed by atoms with Gasteiger partial charge in [0.15, 0.2) is 0 Å². The van der Waals surface area contributed by atoms with Gasteiger partial charge >= 0.3 is 5.97 Å². The molecule has 3 amide bonds. The minimum atomic E-state index is -0.912. The summed E-state index contributed by atoms with van der Waals surface area (Å²) in [5.41, 5.74) is 0.642. The fourth-order valence-electron chi connectivity index (χ4n) is 3.21. The SMILES string of the molecule is CCOC(=O)CCN(C(=O)C(C)N1C(=O)c2ccccc2C1=O)C1CC1. The molecule has 3 rings (SSSR count). The fourth-order valence-corrected chi connectivity index (χ4v) is 3.21. The Hall–Kier alpha value is -2.70. The first-order valence-electron chi connectivity index (χ1n) is 8.88. The largest absolute Gasteiger partial charge is 0.466 e. The van der Waals surface area contributed by atoms with Gasteiger partial charge in [0.25, 0.3) is 11.8 Å². The van der Waals surface area contributed by atoms with Crippen molar-refractivity contribution >= 4 is 23.7 Å². The summed E-state index contributed by atoms with van der Waals surface area (Å²) in [5, 5.41) is 0. The molecule has 7 nitrogen and oxygen atoms in total. The second-order valence-corrected chi connectivity index (χ2v) is 6.52. The number of fused-ring (bicyclic) bond motifs is 1. The van der Waals surface area contributed by atoms with Crippen LogP contribution in [0.5, 0.6) is 0 Å². The molecule has 2 aliphatic rings. The molecule has 0 saturated heterocycles. The van der Waals surface area contributed by atoms with Crippen molar-refractivity contribution in [2.45, 2.75) is 45.2 Å². The Morgan fingerprint density at radius 1 is 1.19 bits per heavy atom. The molecule has 0 N–H and O–H groups in total. The first-order valence-corrected chi connectivity index (χ1v) is 8.88. The van der Waals surface area contributed by atoms with Crippen molar-refractivity contribution in [2.75, 3.05) is 13.2 Å². The van der Waals surface area contributed by atoms with Crippen molar-refractivity contribution in [1.29, 1.82) is 0 Å². The summed E-state index contributed by atoms with van der Waals surface area (Å²) < 4.78 is 4.91. The molecular formula is C19H22N2O5. The van der Waals surface area contributed by atoms with Crippen molar-refractivity contribution in [3.8, 4) is 0 Å². The van der Waals surface area contributed by atoms with Gasteiger partial charge in [-0.15, -0.1) is 0 Å². The van der Waals surface area contributed by atoms with Crippen molar-refractivity contribution in [1.82, 2.24) is 9.80 Å². The minimum Gasteiger partial charge on any atom is -0.466 e. The average molecular weight is 358 g/mol. The minimum absolute atomic E-state index is 0.0644. The summed E-state index contributed by atoms with van der Waals surface area (Å²) in [7, 11) is 0. The van der Waals surface area contributed by atoms with E-state index in [9.17, 15) is 19.2 Å². The lowest BCUT2D eigenvalue weighted by Crippen LogP contribution is -2.50. The third-order valence-corrected chi connectivity index (χ3v) is 4.70. The molecule has 1 heterocycles. The van der Waals surface area contributed by atoms with Gasteiger partial charge in [-0.25, -0.2) is 0 Å². The molecule has 1 aliphatic heterocycles. The lowest BCUT2D eigenvalue weighted by Gasteiger charge is -2.29. The molecule has 1 aromatic carbocycles. The fraction of sp³-hybridized carbons (Fsp3) is 0.474. The Labute approximate surface area is 151 Å². The number of rotatable bonds is 7. The summed E-state index contributed by atoms with van der Waals surface area (Å²) in [6.07, 6.45) is 1.83. The second kappa shape index (κ2) is 7.27.